The molecule has 1 saturated heterocycles. The van der Waals surface area contributed by atoms with Gasteiger partial charge < -0.3 is 14.0 Å². The van der Waals surface area contributed by atoms with Gasteiger partial charge in [-0.1, -0.05) is 12.1 Å². The third-order valence-corrected chi connectivity index (χ3v) is 3.97. The predicted octanol–water partition coefficient (Wildman–Crippen LogP) is 2.11. The molecule has 1 heterocycles. The first-order valence-electron chi connectivity index (χ1n) is 7.18. The van der Waals surface area contributed by atoms with Gasteiger partial charge in [-0.25, -0.2) is 0 Å². The van der Waals surface area contributed by atoms with Gasteiger partial charge >= 0.3 is 0 Å². The van der Waals surface area contributed by atoms with E-state index in [4.69, 9.17) is 14.7 Å². The van der Waals surface area contributed by atoms with E-state index in [1.165, 1.54) is 0 Å². The van der Waals surface area contributed by atoms with Gasteiger partial charge in [-0.15, -0.1) is 0 Å². The normalized spacial score (nSPS) is 22.9. The van der Waals surface area contributed by atoms with Crippen LogP contribution in [0.25, 0.3) is 0 Å². The highest BCUT2D eigenvalue weighted by Crippen LogP contribution is 2.22. The Morgan fingerprint density at radius 1 is 1.35 bits per heavy atom. The third-order valence-electron chi connectivity index (χ3n) is 3.97. The lowest BCUT2D eigenvalue weighted by molar-refractivity contribution is -0.908. The Morgan fingerprint density at radius 2 is 2.20 bits per heavy atom. The monoisotopic (exact) mass is 275 g/mol. The summed E-state index contributed by atoms with van der Waals surface area (Å²) in [6, 6.07) is 7.87. The number of para-hydroxylation sites is 1. The zero-order chi connectivity index (χ0) is 14.4. The number of ether oxygens (including phenoxy) is 2. The first-order chi connectivity index (χ1) is 9.64. The number of hydrogen-bond acceptors (Lipinski definition) is 3. The summed E-state index contributed by atoms with van der Waals surface area (Å²) in [6.45, 7) is 7.41. The topological polar surface area (TPSA) is 42.2 Å². The second-order valence-corrected chi connectivity index (χ2v) is 5.67. The fourth-order valence-electron chi connectivity index (χ4n) is 2.57. The van der Waals surface area contributed by atoms with Crippen molar-refractivity contribution >= 4 is 0 Å². The van der Waals surface area contributed by atoms with Crippen molar-refractivity contribution in [2.75, 3.05) is 46.5 Å². The van der Waals surface area contributed by atoms with Crippen molar-refractivity contribution in [2.24, 2.45) is 0 Å². The van der Waals surface area contributed by atoms with Crippen molar-refractivity contribution in [3.8, 4) is 11.8 Å². The van der Waals surface area contributed by atoms with Crippen molar-refractivity contribution in [2.45, 2.75) is 13.3 Å². The van der Waals surface area contributed by atoms with Gasteiger partial charge in [0.1, 0.15) is 31.5 Å². The molecular weight excluding hydrogens is 252 g/mol. The van der Waals surface area contributed by atoms with E-state index in [1.807, 2.05) is 19.1 Å². The summed E-state index contributed by atoms with van der Waals surface area (Å²) in [5.74, 6) is 0.729. The van der Waals surface area contributed by atoms with Gasteiger partial charge in [0.2, 0.25) is 0 Å². The molecule has 1 aromatic rings. The minimum absolute atomic E-state index is 0.617. The number of nitriles is 1. The molecule has 2 rings (SSSR count). The Labute approximate surface area is 121 Å². The maximum atomic E-state index is 9.13. The molecule has 20 heavy (non-hydrogen) atoms. The molecule has 0 aliphatic carbocycles. The fourth-order valence-corrected chi connectivity index (χ4v) is 2.57. The van der Waals surface area contributed by atoms with E-state index in [2.05, 4.69) is 13.1 Å². The van der Waals surface area contributed by atoms with Crippen molar-refractivity contribution in [3.05, 3.63) is 29.3 Å². The van der Waals surface area contributed by atoms with E-state index in [1.54, 1.807) is 6.07 Å². The molecule has 1 fully saturated rings. The Hall–Kier alpha value is -1.57. The Bertz CT molecular complexity index is 486. The van der Waals surface area contributed by atoms with E-state index < -0.39 is 0 Å². The van der Waals surface area contributed by atoms with Crippen LogP contribution in [0.1, 0.15) is 17.5 Å². The second kappa shape index (κ2) is 6.74. The van der Waals surface area contributed by atoms with Crippen molar-refractivity contribution in [1.82, 2.24) is 0 Å². The van der Waals surface area contributed by atoms with Crippen molar-refractivity contribution in [3.63, 3.8) is 0 Å². The highest BCUT2D eigenvalue weighted by Gasteiger charge is 2.23. The average molecular weight is 275 g/mol. The number of rotatable bonds is 4. The molecule has 1 aliphatic heterocycles. The Kier molecular flexibility index (Phi) is 4.99. The predicted molar refractivity (Wildman–Crippen MR) is 77.6 cm³/mol. The molecule has 1 unspecified atom stereocenters. The molecule has 4 heteroatoms. The summed E-state index contributed by atoms with van der Waals surface area (Å²) >= 11 is 0. The standard InChI is InChI=1S/C16H23N2O2/c1-14-5-3-6-15(13-17)16(14)20-12-9-18(2)7-4-10-19-11-8-18/h3,5-6H,4,7-12H2,1-2H3/q+1. The van der Waals surface area contributed by atoms with Gasteiger partial charge in [-0.2, -0.15) is 5.26 Å². The van der Waals surface area contributed by atoms with Crippen LogP contribution in [0.2, 0.25) is 0 Å². The van der Waals surface area contributed by atoms with Crippen LogP contribution >= 0.6 is 0 Å². The quantitative estimate of drug-likeness (QED) is 0.790. The maximum absolute atomic E-state index is 9.13. The lowest BCUT2D eigenvalue weighted by Crippen LogP contribution is -2.48. The molecule has 0 amide bonds. The summed E-state index contributed by atoms with van der Waals surface area (Å²) in [6.07, 6.45) is 1.10. The van der Waals surface area contributed by atoms with Crippen LogP contribution in [0.3, 0.4) is 0 Å². The highest BCUT2D eigenvalue weighted by atomic mass is 16.5. The second-order valence-electron chi connectivity index (χ2n) is 5.67. The van der Waals surface area contributed by atoms with Gasteiger partial charge in [0.25, 0.3) is 0 Å². The number of benzene rings is 1. The van der Waals surface area contributed by atoms with Gasteiger partial charge in [-0.3, -0.25) is 0 Å². The molecular formula is C16H23N2O2+. The zero-order valence-corrected chi connectivity index (χ0v) is 12.4. The smallest absolute Gasteiger partial charge is 0.140 e. The molecule has 0 bridgehead atoms. The highest BCUT2D eigenvalue weighted by molar-refractivity contribution is 5.47. The molecule has 0 N–H and O–H groups in total. The number of aryl methyl sites for hydroxylation is 1. The van der Waals surface area contributed by atoms with Gasteiger partial charge in [0, 0.05) is 6.42 Å². The van der Waals surface area contributed by atoms with E-state index in [0.29, 0.717) is 12.2 Å². The Balaban J connectivity index is 1.94. The van der Waals surface area contributed by atoms with E-state index in [0.717, 1.165) is 55.1 Å². The maximum Gasteiger partial charge on any atom is 0.140 e. The van der Waals surface area contributed by atoms with Gasteiger partial charge in [0.15, 0.2) is 0 Å². The summed E-state index contributed by atoms with van der Waals surface area (Å²) in [5, 5.41) is 9.13. The van der Waals surface area contributed by atoms with Crippen LogP contribution in [0.4, 0.5) is 0 Å². The van der Waals surface area contributed by atoms with Crippen LogP contribution < -0.4 is 4.74 Å². The molecule has 0 aromatic heterocycles. The summed E-state index contributed by atoms with van der Waals surface area (Å²) in [5.41, 5.74) is 1.64. The number of quaternary nitrogens is 1. The lowest BCUT2D eigenvalue weighted by Gasteiger charge is -2.32. The molecule has 1 aromatic carbocycles. The molecule has 1 atom stereocenters. The number of hydrogen-bond donors (Lipinski definition) is 0. The average Bonchev–Trinajstić information content (AvgIpc) is 2.65. The SMILES string of the molecule is Cc1cccc(C#N)c1OCC[N+]1(C)CCCOCC1. The van der Waals surface area contributed by atoms with Gasteiger partial charge in [-0.05, 0) is 18.6 Å². The minimum Gasteiger partial charge on any atom is -0.486 e. The van der Waals surface area contributed by atoms with E-state index in [9.17, 15) is 0 Å². The van der Waals surface area contributed by atoms with Crippen LogP contribution in [0.5, 0.6) is 5.75 Å². The van der Waals surface area contributed by atoms with Gasteiger partial charge in [0.05, 0.1) is 32.4 Å². The van der Waals surface area contributed by atoms with Crippen LogP contribution in [0.15, 0.2) is 18.2 Å². The minimum atomic E-state index is 0.617. The fraction of sp³-hybridized carbons (Fsp3) is 0.562. The first kappa shape index (κ1) is 14.8. The Morgan fingerprint density at radius 3 is 3.00 bits per heavy atom. The summed E-state index contributed by atoms with van der Waals surface area (Å²) in [7, 11) is 2.25. The molecule has 1 aliphatic rings. The zero-order valence-electron chi connectivity index (χ0n) is 12.4. The first-order valence-corrected chi connectivity index (χ1v) is 7.18. The number of nitrogens with zero attached hydrogens (tertiary/aromatic N) is 2. The number of likely N-dealkylation sites (N-methyl/N-ethyl adjacent to an activating group) is 1. The molecule has 0 spiro atoms. The lowest BCUT2D eigenvalue weighted by atomic mass is 10.1. The van der Waals surface area contributed by atoms with E-state index >= 15 is 0 Å². The summed E-state index contributed by atoms with van der Waals surface area (Å²) < 4.78 is 12.4. The summed E-state index contributed by atoms with van der Waals surface area (Å²) in [4.78, 5) is 0. The molecule has 0 saturated carbocycles. The van der Waals surface area contributed by atoms with E-state index in [-0.39, 0.29) is 0 Å². The largest absolute Gasteiger partial charge is 0.486 e. The molecule has 108 valence electrons. The van der Waals surface area contributed by atoms with Crippen molar-refractivity contribution < 1.29 is 14.0 Å². The molecule has 4 nitrogen and oxygen atoms in total. The van der Waals surface area contributed by atoms with Crippen LogP contribution in [-0.4, -0.2) is 51.0 Å². The third kappa shape index (κ3) is 3.72. The van der Waals surface area contributed by atoms with Crippen LogP contribution in [-0.2, 0) is 4.74 Å². The molecule has 0 radical (unpaired) electrons. The van der Waals surface area contributed by atoms with Crippen molar-refractivity contribution in [1.29, 1.82) is 5.26 Å². The van der Waals surface area contributed by atoms with Crippen LogP contribution in [0, 0.1) is 18.3 Å².